The van der Waals surface area contributed by atoms with Gasteiger partial charge in [-0.25, -0.2) is 0 Å². The van der Waals surface area contributed by atoms with Crippen molar-refractivity contribution in [2.24, 2.45) is 23.7 Å². The summed E-state index contributed by atoms with van der Waals surface area (Å²) in [6.45, 7) is 5.86. The van der Waals surface area contributed by atoms with E-state index in [9.17, 15) is 0 Å². The minimum absolute atomic E-state index is 0.864. The third-order valence-electron chi connectivity index (χ3n) is 6.62. The lowest BCUT2D eigenvalue weighted by Crippen LogP contribution is -2.55. The Labute approximate surface area is 138 Å². The van der Waals surface area contributed by atoms with Crippen LogP contribution in [-0.4, -0.2) is 25.7 Å². The highest BCUT2D eigenvalue weighted by Gasteiger charge is 2.47. The van der Waals surface area contributed by atoms with Crippen LogP contribution in [0.5, 0.6) is 0 Å². The molecular weight excluding hydrogens is 268 g/mol. The first-order chi connectivity index (χ1) is 10.9. The average molecular weight is 307 g/mol. The lowest BCUT2D eigenvalue weighted by Gasteiger charge is -2.54. The molecule has 0 aromatic rings. The maximum absolute atomic E-state index is 3.92. The van der Waals surface area contributed by atoms with Crippen molar-refractivity contribution >= 4 is 0 Å². The van der Waals surface area contributed by atoms with Crippen molar-refractivity contribution in [3.8, 4) is 0 Å². The van der Waals surface area contributed by atoms with Crippen molar-refractivity contribution in [2.45, 2.75) is 83.6 Å². The van der Waals surface area contributed by atoms with Gasteiger partial charge in [0.1, 0.15) is 0 Å². The first-order valence-corrected chi connectivity index (χ1v) is 10.3. The summed E-state index contributed by atoms with van der Waals surface area (Å²) >= 11 is 0. The Hall–Kier alpha value is -0.0800. The molecule has 0 atom stereocenters. The number of hydrogen-bond acceptors (Lipinski definition) is 2. The van der Waals surface area contributed by atoms with E-state index in [2.05, 4.69) is 17.6 Å². The fourth-order valence-corrected chi connectivity index (χ4v) is 5.74. The Morgan fingerprint density at radius 2 is 1.32 bits per heavy atom. The van der Waals surface area contributed by atoms with E-state index in [-0.39, 0.29) is 0 Å². The van der Waals surface area contributed by atoms with Crippen LogP contribution in [0.2, 0.25) is 0 Å². The van der Waals surface area contributed by atoms with Gasteiger partial charge in [0.2, 0.25) is 0 Å². The van der Waals surface area contributed by atoms with Gasteiger partial charge in [0.05, 0.1) is 0 Å². The molecule has 2 heteroatoms. The summed E-state index contributed by atoms with van der Waals surface area (Å²) in [5, 5.41) is 7.56. The second-order valence-electron chi connectivity index (χ2n) is 8.43. The van der Waals surface area contributed by atoms with E-state index in [1.807, 2.05) is 0 Å². The normalized spacial score (nSPS) is 36.1. The predicted octanol–water partition coefficient (Wildman–Crippen LogP) is 4.35. The van der Waals surface area contributed by atoms with Gasteiger partial charge in [-0.1, -0.05) is 39.0 Å². The third kappa shape index (κ3) is 4.47. The maximum atomic E-state index is 3.92. The molecule has 0 amide bonds. The smallest absolute Gasteiger partial charge is 0.0124 e. The van der Waals surface area contributed by atoms with Crippen molar-refractivity contribution in [1.29, 1.82) is 0 Å². The van der Waals surface area contributed by atoms with Crippen LogP contribution in [-0.2, 0) is 0 Å². The minimum atomic E-state index is 0.864. The van der Waals surface area contributed by atoms with Gasteiger partial charge in [0.25, 0.3) is 0 Å². The van der Waals surface area contributed by atoms with E-state index in [0.29, 0.717) is 0 Å². The molecule has 4 fully saturated rings. The largest absolute Gasteiger partial charge is 0.315 e. The highest BCUT2D eigenvalue weighted by atomic mass is 15.0. The number of rotatable bonds is 11. The zero-order chi connectivity index (χ0) is 15.2. The van der Waals surface area contributed by atoms with Gasteiger partial charge in [0.15, 0.2) is 0 Å². The monoisotopic (exact) mass is 306 g/mol. The molecule has 0 aliphatic heterocycles. The molecule has 0 saturated heterocycles. The van der Waals surface area contributed by atoms with Gasteiger partial charge in [-0.3, -0.25) is 0 Å². The van der Waals surface area contributed by atoms with Crippen molar-refractivity contribution in [2.75, 3.05) is 19.6 Å². The van der Waals surface area contributed by atoms with E-state index in [0.717, 1.165) is 36.3 Å². The van der Waals surface area contributed by atoms with Gasteiger partial charge in [-0.15, -0.1) is 0 Å². The molecule has 0 spiro atoms. The van der Waals surface area contributed by atoms with Crippen LogP contribution in [0.15, 0.2) is 0 Å². The van der Waals surface area contributed by atoms with Crippen molar-refractivity contribution in [3.05, 3.63) is 0 Å². The molecule has 4 aliphatic carbocycles. The van der Waals surface area contributed by atoms with Crippen LogP contribution in [0.3, 0.4) is 0 Å². The third-order valence-corrected chi connectivity index (χ3v) is 6.62. The number of nitrogens with one attached hydrogen (secondary N) is 2. The van der Waals surface area contributed by atoms with E-state index in [4.69, 9.17) is 0 Å². The Morgan fingerprint density at radius 3 is 2.00 bits per heavy atom. The predicted molar refractivity (Wildman–Crippen MR) is 95.1 cm³/mol. The molecule has 22 heavy (non-hydrogen) atoms. The first-order valence-electron chi connectivity index (χ1n) is 10.3. The summed E-state index contributed by atoms with van der Waals surface area (Å²) in [5.74, 6) is 4.25. The van der Waals surface area contributed by atoms with Crippen molar-refractivity contribution in [1.82, 2.24) is 10.6 Å². The highest BCUT2D eigenvalue weighted by molar-refractivity contribution is 5.01. The summed E-state index contributed by atoms with van der Waals surface area (Å²) in [6.07, 6.45) is 16.1. The molecule has 0 heterocycles. The summed E-state index contributed by atoms with van der Waals surface area (Å²) in [7, 11) is 0. The van der Waals surface area contributed by atoms with Crippen molar-refractivity contribution < 1.29 is 0 Å². The summed E-state index contributed by atoms with van der Waals surface area (Å²) < 4.78 is 0. The van der Waals surface area contributed by atoms with E-state index >= 15 is 0 Å². The lowest BCUT2D eigenvalue weighted by atomic mass is 9.54. The van der Waals surface area contributed by atoms with Gasteiger partial charge < -0.3 is 10.6 Å². The summed E-state index contributed by atoms with van der Waals surface area (Å²) in [4.78, 5) is 0. The molecule has 0 aromatic heterocycles. The molecule has 4 rings (SSSR count). The van der Waals surface area contributed by atoms with Gasteiger partial charge in [-0.05, 0) is 68.7 Å². The molecule has 0 unspecified atom stereocenters. The van der Waals surface area contributed by atoms with Crippen LogP contribution >= 0.6 is 0 Å². The number of unbranched alkanes of at least 4 members (excludes halogenated alkanes) is 5. The second kappa shape index (κ2) is 8.68. The average Bonchev–Trinajstić information content (AvgIpc) is 2.50. The molecule has 4 saturated carbocycles. The zero-order valence-electron chi connectivity index (χ0n) is 14.8. The van der Waals surface area contributed by atoms with Crippen LogP contribution in [0.25, 0.3) is 0 Å². The molecular formula is C20H38N2. The topological polar surface area (TPSA) is 24.1 Å². The van der Waals surface area contributed by atoms with Crippen molar-refractivity contribution in [3.63, 3.8) is 0 Å². The van der Waals surface area contributed by atoms with E-state index in [1.165, 1.54) is 77.3 Å². The molecule has 128 valence electrons. The molecule has 0 aromatic carbocycles. The molecule has 0 radical (unpaired) electrons. The van der Waals surface area contributed by atoms with Crippen LogP contribution in [0, 0.1) is 23.7 Å². The second-order valence-corrected chi connectivity index (χ2v) is 8.43. The Balaban J connectivity index is 1.20. The van der Waals surface area contributed by atoms with E-state index < -0.39 is 0 Å². The molecule has 2 nitrogen and oxygen atoms in total. The Bertz CT molecular complexity index is 287. The first kappa shape index (κ1) is 16.8. The number of hydrogen-bond donors (Lipinski definition) is 2. The van der Waals surface area contributed by atoms with Crippen LogP contribution in [0.1, 0.15) is 77.6 Å². The van der Waals surface area contributed by atoms with Gasteiger partial charge in [-0.2, -0.15) is 0 Å². The summed E-state index contributed by atoms with van der Waals surface area (Å²) in [6, 6.07) is 0.864. The van der Waals surface area contributed by atoms with Crippen LogP contribution in [0.4, 0.5) is 0 Å². The Morgan fingerprint density at radius 1 is 0.682 bits per heavy atom. The maximum Gasteiger partial charge on any atom is 0.0124 e. The summed E-state index contributed by atoms with van der Waals surface area (Å²) in [5.41, 5.74) is 0. The molecule has 4 bridgehead atoms. The quantitative estimate of drug-likeness (QED) is 0.555. The highest BCUT2D eigenvalue weighted by Crippen LogP contribution is 2.53. The fourth-order valence-electron chi connectivity index (χ4n) is 5.74. The van der Waals surface area contributed by atoms with Crippen LogP contribution < -0.4 is 10.6 Å². The standard InChI is InChI=1S/C20H38N2/c1-2-3-4-5-6-7-8-21-9-10-22-20-18-12-16-11-17(14-18)15-19(20)13-16/h16-22H,2-15H2,1H3. The molecule has 2 N–H and O–H groups in total. The lowest BCUT2D eigenvalue weighted by molar-refractivity contribution is -0.0133. The zero-order valence-corrected chi connectivity index (χ0v) is 14.8. The molecule has 4 aliphatic rings. The fraction of sp³-hybridized carbons (Fsp3) is 1.00. The SMILES string of the molecule is CCCCCCCCNCCNC1C2CC3CC(C2)CC1C3. The van der Waals surface area contributed by atoms with Gasteiger partial charge >= 0.3 is 0 Å². The Kier molecular flexibility index (Phi) is 6.62. The van der Waals surface area contributed by atoms with Gasteiger partial charge in [0, 0.05) is 19.1 Å². The minimum Gasteiger partial charge on any atom is -0.315 e. The van der Waals surface area contributed by atoms with E-state index in [1.54, 1.807) is 6.42 Å².